The van der Waals surface area contributed by atoms with Crippen molar-refractivity contribution >= 4 is 32.3 Å². The average Bonchev–Trinajstić information content (AvgIpc) is 2.90. The van der Waals surface area contributed by atoms with Gasteiger partial charge in [-0.3, -0.25) is 0 Å². The van der Waals surface area contributed by atoms with E-state index < -0.39 is 0 Å². The summed E-state index contributed by atoms with van der Waals surface area (Å²) < 4.78 is 0. The molecule has 1 nitrogen and oxygen atoms in total. The van der Waals surface area contributed by atoms with E-state index in [2.05, 4.69) is 6.07 Å². The summed E-state index contributed by atoms with van der Waals surface area (Å²) in [5, 5.41) is 10.1. The summed E-state index contributed by atoms with van der Waals surface area (Å²) in [5.41, 5.74) is 2.30. The summed E-state index contributed by atoms with van der Waals surface area (Å²) in [5.74, 6) is 0.293. The Morgan fingerprint density at radius 1 is 0.900 bits per heavy atom. The van der Waals surface area contributed by atoms with Crippen molar-refractivity contribution in [3.05, 3.63) is 59.6 Å². The van der Waals surface area contributed by atoms with Gasteiger partial charge in [-0.05, 0) is 42.0 Å². The maximum absolute atomic E-state index is 9.31. The largest absolute Gasteiger partial charge is 1.00 e. The molecule has 0 aliphatic heterocycles. The normalized spacial score (nSPS) is 10.1. The number of rotatable bonds is 2. The van der Waals surface area contributed by atoms with Gasteiger partial charge in [0.15, 0.2) is 10.3 Å². The zero-order valence-corrected chi connectivity index (χ0v) is 13.4. The summed E-state index contributed by atoms with van der Waals surface area (Å²) in [6.07, 6.45) is 0. The minimum Gasteiger partial charge on any atom is -1.00 e. The second-order valence-corrected chi connectivity index (χ2v) is 6.74. The van der Waals surface area contributed by atoms with Crippen LogP contribution in [0, 0.1) is 0 Å². The molecule has 1 heterocycles. The van der Waals surface area contributed by atoms with Crippen LogP contribution in [-0.4, -0.2) is 5.11 Å². The molecule has 0 spiro atoms. The van der Waals surface area contributed by atoms with E-state index in [-0.39, 0.29) is 12.4 Å². The van der Waals surface area contributed by atoms with Crippen LogP contribution in [0.4, 0.5) is 0 Å². The highest BCUT2D eigenvalue weighted by Gasteiger charge is 2.16. The maximum Gasteiger partial charge on any atom is 0.301 e. The second kappa shape index (κ2) is 6.55. The third-order valence-corrected chi connectivity index (χ3v) is 5.49. The predicted molar refractivity (Wildman–Crippen MR) is 84.1 cm³/mol. The Morgan fingerprint density at radius 3 is 2.15 bits per heavy atom. The molecular weight excluding hydrogens is 331 g/mol. The van der Waals surface area contributed by atoms with Gasteiger partial charge in [-0.25, -0.2) is 0 Å². The third kappa shape index (κ3) is 3.30. The molecule has 3 rings (SSSR count). The van der Waals surface area contributed by atoms with Crippen LogP contribution in [0.2, 0.25) is 5.02 Å². The molecule has 0 atom stereocenters. The Hall–Kier alpha value is -1.13. The van der Waals surface area contributed by atoms with Gasteiger partial charge in [-0.2, -0.15) is 0 Å². The molecule has 20 heavy (non-hydrogen) atoms. The molecule has 0 saturated carbocycles. The Labute approximate surface area is 135 Å². The van der Waals surface area contributed by atoms with Crippen LogP contribution in [0.5, 0.6) is 5.75 Å². The fourth-order valence-electron chi connectivity index (χ4n) is 1.76. The van der Waals surface area contributed by atoms with E-state index in [1.165, 1.54) is 15.3 Å². The van der Waals surface area contributed by atoms with Crippen LogP contribution >= 0.6 is 32.3 Å². The van der Waals surface area contributed by atoms with E-state index in [0.717, 1.165) is 10.6 Å². The molecule has 3 aromatic rings. The van der Waals surface area contributed by atoms with Crippen molar-refractivity contribution in [3.8, 4) is 26.6 Å². The van der Waals surface area contributed by atoms with Crippen LogP contribution in [0.3, 0.4) is 0 Å². The number of phenols is 1. The minimum absolute atomic E-state index is 0. The zero-order valence-electron chi connectivity index (χ0n) is 10.2. The molecule has 0 aliphatic rings. The monoisotopic (exact) mass is 340 g/mol. The second-order valence-electron chi connectivity index (χ2n) is 4.09. The van der Waals surface area contributed by atoms with E-state index in [1.54, 1.807) is 32.8 Å². The standard InChI is InChI=1S/C15H9ClOS2.ClH/c16-12-5-1-10(2-6-12)14-9-15(19-18-14)11-3-7-13(17)8-4-11;/h1-9H;1H. The fraction of sp³-hybridized carbons (Fsp3) is 0. The minimum atomic E-state index is 0. The van der Waals surface area contributed by atoms with Gasteiger partial charge in [0.25, 0.3) is 4.88 Å². The molecule has 0 unspecified atom stereocenters. The highest BCUT2D eigenvalue weighted by molar-refractivity contribution is 7.72. The summed E-state index contributed by atoms with van der Waals surface area (Å²) in [6.45, 7) is 0. The lowest BCUT2D eigenvalue weighted by molar-refractivity contribution is -0.00000444. The Kier molecular flexibility index (Phi) is 5.00. The summed E-state index contributed by atoms with van der Waals surface area (Å²) in [6, 6.07) is 17.3. The smallest absolute Gasteiger partial charge is 0.301 e. The van der Waals surface area contributed by atoms with Crippen molar-refractivity contribution in [1.82, 2.24) is 0 Å². The molecule has 0 saturated heterocycles. The average molecular weight is 341 g/mol. The fourth-order valence-corrected chi connectivity index (χ4v) is 4.34. The van der Waals surface area contributed by atoms with Gasteiger partial charge in [0, 0.05) is 16.7 Å². The summed E-state index contributed by atoms with van der Waals surface area (Å²) in [7, 11) is 3.48. The number of benzene rings is 2. The molecule has 2 aromatic carbocycles. The molecule has 0 fully saturated rings. The highest BCUT2D eigenvalue weighted by Crippen LogP contribution is 2.37. The van der Waals surface area contributed by atoms with Crippen LogP contribution in [0.25, 0.3) is 20.9 Å². The number of hydrogen-bond acceptors (Lipinski definition) is 2. The van der Waals surface area contributed by atoms with Crippen molar-refractivity contribution in [2.24, 2.45) is 0 Å². The Balaban J connectivity index is 0.00000147. The number of aromatic hydroxyl groups is 1. The highest BCUT2D eigenvalue weighted by atomic mass is 35.5. The first-order valence-corrected chi connectivity index (χ1v) is 8.24. The maximum atomic E-state index is 9.31. The number of hydrogen-bond donors (Lipinski definition) is 1. The first-order valence-electron chi connectivity index (χ1n) is 5.71. The molecule has 0 amide bonds. The van der Waals surface area contributed by atoms with Gasteiger partial charge in [0.2, 0.25) is 0 Å². The van der Waals surface area contributed by atoms with Gasteiger partial charge < -0.3 is 17.5 Å². The van der Waals surface area contributed by atoms with Gasteiger partial charge in [0.1, 0.15) is 5.75 Å². The molecule has 0 bridgehead atoms. The van der Waals surface area contributed by atoms with Crippen LogP contribution < -0.4 is 12.4 Å². The molecule has 1 N–H and O–H groups in total. The van der Waals surface area contributed by atoms with Crippen molar-refractivity contribution in [3.63, 3.8) is 0 Å². The topological polar surface area (TPSA) is 20.2 Å². The number of halogens is 2. The van der Waals surface area contributed by atoms with E-state index in [1.807, 2.05) is 36.4 Å². The lowest BCUT2D eigenvalue weighted by Crippen LogP contribution is -3.00. The van der Waals surface area contributed by atoms with Crippen molar-refractivity contribution < 1.29 is 17.5 Å². The first-order chi connectivity index (χ1) is 9.22. The van der Waals surface area contributed by atoms with Gasteiger partial charge in [-0.1, -0.05) is 23.7 Å². The van der Waals surface area contributed by atoms with E-state index in [4.69, 9.17) is 11.6 Å². The van der Waals surface area contributed by atoms with Crippen molar-refractivity contribution in [2.45, 2.75) is 0 Å². The van der Waals surface area contributed by atoms with Gasteiger partial charge >= 0.3 is 10.3 Å². The van der Waals surface area contributed by atoms with Crippen LogP contribution in [-0.2, 0) is 0 Å². The molecule has 102 valence electrons. The van der Waals surface area contributed by atoms with Crippen LogP contribution in [0.15, 0.2) is 54.6 Å². The van der Waals surface area contributed by atoms with E-state index >= 15 is 0 Å². The van der Waals surface area contributed by atoms with Crippen molar-refractivity contribution in [2.75, 3.05) is 0 Å². The molecule has 5 heteroatoms. The van der Waals surface area contributed by atoms with Gasteiger partial charge in [-0.15, -0.1) is 0 Å². The number of phenolic OH excluding ortho intramolecular Hbond substituents is 1. The SMILES string of the molecule is Oc1ccc(-c2cc(-c3ccc(Cl)cc3)s[s+]2)cc1.[Cl-]. The molecular formula is C15H10Cl2OS2. The van der Waals surface area contributed by atoms with Crippen LogP contribution in [0.1, 0.15) is 0 Å². The lowest BCUT2D eigenvalue weighted by atomic mass is 10.1. The third-order valence-electron chi connectivity index (χ3n) is 2.76. The quantitative estimate of drug-likeness (QED) is 0.561. The molecule has 0 aliphatic carbocycles. The molecule has 1 aromatic heterocycles. The Morgan fingerprint density at radius 2 is 1.50 bits per heavy atom. The Bertz CT molecular complexity index is 631. The van der Waals surface area contributed by atoms with Gasteiger partial charge in [0.05, 0.1) is 4.88 Å². The van der Waals surface area contributed by atoms with Crippen molar-refractivity contribution in [1.29, 1.82) is 0 Å². The van der Waals surface area contributed by atoms with E-state index in [0.29, 0.717) is 5.75 Å². The van der Waals surface area contributed by atoms with E-state index in [9.17, 15) is 5.11 Å². The lowest BCUT2D eigenvalue weighted by Gasteiger charge is -1.94. The first kappa shape index (κ1) is 15.3. The zero-order chi connectivity index (χ0) is 13.2. The summed E-state index contributed by atoms with van der Waals surface area (Å²) >= 11 is 5.90. The predicted octanol–water partition coefficient (Wildman–Crippen LogP) is 2.79. The molecule has 0 radical (unpaired) electrons. The summed E-state index contributed by atoms with van der Waals surface area (Å²) in [4.78, 5) is 2.43.